The van der Waals surface area contributed by atoms with E-state index in [2.05, 4.69) is 20.6 Å². The van der Waals surface area contributed by atoms with Gasteiger partial charge in [0.05, 0.1) is 34.1 Å². The lowest BCUT2D eigenvalue weighted by Crippen LogP contribution is -2.33. The molecular formula is C21H20Cl2N4O2. The Bertz CT molecular complexity index is 1080. The van der Waals surface area contributed by atoms with E-state index < -0.39 is 0 Å². The number of carbonyl (C=O) groups is 2. The van der Waals surface area contributed by atoms with Crippen molar-refractivity contribution in [3.8, 4) is 0 Å². The highest BCUT2D eigenvalue weighted by molar-refractivity contribution is 6.36. The zero-order chi connectivity index (χ0) is 20.4. The summed E-state index contributed by atoms with van der Waals surface area (Å²) in [4.78, 5) is 31.9. The summed E-state index contributed by atoms with van der Waals surface area (Å²) in [5.41, 5.74) is 4.23. The van der Waals surface area contributed by atoms with Crippen molar-refractivity contribution in [2.75, 3.05) is 10.6 Å². The average molecular weight is 431 g/mol. The zero-order valence-corrected chi connectivity index (χ0v) is 17.1. The Hall–Kier alpha value is -2.57. The van der Waals surface area contributed by atoms with Crippen molar-refractivity contribution >= 4 is 57.3 Å². The van der Waals surface area contributed by atoms with Crippen LogP contribution in [0.2, 0.25) is 10.0 Å². The van der Waals surface area contributed by atoms with Gasteiger partial charge in [-0.25, -0.2) is 4.98 Å². The number of ketones is 1. The molecule has 0 radical (unpaired) electrons. The van der Waals surface area contributed by atoms with E-state index in [0.717, 1.165) is 28.7 Å². The molecule has 0 bridgehead atoms. The Balaban J connectivity index is 1.27. The van der Waals surface area contributed by atoms with Gasteiger partial charge in [0.15, 0.2) is 5.78 Å². The van der Waals surface area contributed by atoms with Crippen LogP contribution in [0.4, 0.5) is 11.4 Å². The number of rotatable bonds is 6. The summed E-state index contributed by atoms with van der Waals surface area (Å²) in [5.74, 6) is -0.0235. The third kappa shape index (κ3) is 4.54. The van der Waals surface area contributed by atoms with Gasteiger partial charge in [-0.2, -0.15) is 0 Å². The minimum Gasteiger partial charge on any atom is -0.374 e. The van der Waals surface area contributed by atoms with Crippen LogP contribution in [0.3, 0.4) is 0 Å². The largest absolute Gasteiger partial charge is 0.374 e. The first-order valence-corrected chi connectivity index (χ1v) is 10.3. The molecule has 1 aromatic heterocycles. The van der Waals surface area contributed by atoms with Gasteiger partial charge in [0.25, 0.3) is 0 Å². The number of nitrogens with zero attached hydrogens (tertiary/aromatic N) is 1. The first-order valence-electron chi connectivity index (χ1n) is 9.50. The third-order valence-electron chi connectivity index (χ3n) is 5.08. The number of H-pyrrole nitrogens is 1. The monoisotopic (exact) mass is 430 g/mol. The number of benzene rings is 2. The maximum atomic E-state index is 12.6. The average Bonchev–Trinajstić information content (AvgIpc) is 3.15. The first-order chi connectivity index (χ1) is 14.0. The maximum Gasteiger partial charge on any atom is 0.224 e. The van der Waals surface area contributed by atoms with E-state index in [1.165, 1.54) is 0 Å². The Morgan fingerprint density at radius 1 is 1.17 bits per heavy atom. The number of fused-ring (bicyclic) bond motifs is 2. The van der Waals surface area contributed by atoms with Crippen LogP contribution in [-0.4, -0.2) is 27.7 Å². The Labute approximate surface area is 178 Å². The lowest BCUT2D eigenvalue weighted by Gasteiger charge is -2.27. The van der Waals surface area contributed by atoms with Gasteiger partial charge >= 0.3 is 0 Å². The molecule has 1 amide bonds. The quantitative estimate of drug-likeness (QED) is 0.514. The summed E-state index contributed by atoms with van der Waals surface area (Å²) >= 11 is 12.3. The van der Waals surface area contributed by atoms with E-state index >= 15 is 0 Å². The molecule has 0 saturated heterocycles. The van der Waals surface area contributed by atoms with Crippen molar-refractivity contribution in [2.45, 2.75) is 38.1 Å². The molecule has 2 heterocycles. The fourth-order valence-corrected chi connectivity index (χ4v) is 4.20. The highest BCUT2D eigenvalue weighted by atomic mass is 35.5. The molecule has 4 rings (SSSR count). The van der Waals surface area contributed by atoms with Crippen molar-refractivity contribution < 1.29 is 9.59 Å². The second-order valence-corrected chi connectivity index (χ2v) is 8.00. The van der Waals surface area contributed by atoms with Gasteiger partial charge in [-0.15, -0.1) is 0 Å². The zero-order valence-electron chi connectivity index (χ0n) is 15.6. The number of halogens is 2. The summed E-state index contributed by atoms with van der Waals surface area (Å²) in [6, 6.07) is 8.76. The summed E-state index contributed by atoms with van der Waals surface area (Å²) in [5, 5.41) is 7.22. The van der Waals surface area contributed by atoms with E-state index in [1.807, 2.05) is 24.3 Å². The molecule has 8 heteroatoms. The van der Waals surface area contributed by atoms with Gasteiger partial charge in [0.2, 0.25) is 5.91 Å². The van der Waals surface area contributed by atoms with Crippen LogP contribution in [0, 0.1) is 0 Å². The molecule has 1 atom stereocenters. The maximum absolute atomic E-state index is 12.6. The van der Waals surface area contributed by atoms with E-state index in [4.69, 9.17) is 23.2 Å². The molecule has 29 heavy (non-hydrogen) atoms. The van der Waals surface area contributed by atoms with Gasteiger partial charge in [-0.05, 0) is 55.2 Å². The van der Waals surface area contributed by atoms with E-state index in [9.17, 15) is 9.59 Å². The summed E-state index contributed by atoms with van der Waals surface area (Å²) in [7, 11) is 0. The fourth-order valence-electron chi connectivity index (χ4n) is 3.61. The number of hydrogen-bond acceptors (Lipinski definition) is 4. The minimum absolute atomic E-state index is 0.0911. The van der Waals surface area contributed by atoms with Gasteiger partial charge in [-0.3, -0.25) is 9.59 Å². The number of nitrogens with one attached hydrogen (secondary N) is 3. The van der Waals surface area contributed by atoms with Gasteiger partial charge < -0.3 is 15.6 Å². The van der Waals surface area contributed by atoms with Crippen molar-refractivity contribution in [2.24, 2.45) is 0 Å². The lowest BCUT2D eigenvalue weighted by molar-refractivity contribution is -0.120. The number of hydrogen-bond donors (Lipinski definition) is 3. The molecule has 1 aliphatic rings. The van der Waals surface area contributed by atoms with E-state index in [1.54, 1.807) is 12.4 Å². The molecule has 0 fully saturated rings. The van der Waals surface area contributed by atoms with Gasteiger partial charge in [0, 0.05) is 23.6 Å². The number of aryl methyl sites for hydroxylation is 1. The van der Waals surface area contributed by atoms with Crippen LogP contribution in [0.1, 0.15) is 31.2 Å². The van der Waals surface area contributed by atoms with Crippen molar-refractivity contribution in [3.63, 3.8) is 0 Å². The Kier molecular flexibility index (Phi) is 5.74. The molecule has 6 nitrogen and oxygen atoms in total. The summed E-state index contributed by atoms with van der Waals surface area (Å²) in [6.07, 6.45) is 4.17. The highest BCUT2D eigenvalue weighted by Crippen LogP contribution is 2.35. The molecular weight excluding hydrogens is 411 g/mol. The number of Topliss-reactive ketones (excluding diaryl/α,β-unsaturated/α-hetero) is 1. The standard InChI is InChI=1S/C21H20Cl2N4O2/c22-13-8-12-4-6-17(27-21(12)15(23)9-13)19(28)2-1-3-20(29)26-14-5-7-16-18(10-14)25-11-24-16/h5,7-11,17,27H,1-4,6H2,(H,24,25)(H,26,29). The molecule has 3 N–H and O–H groups in total. The van der Waals surface area contributed by atoms with Crippen molar-refractivity contribution in [1.29, 1.82) is 0 Å². The number of anilines is 2. The Morgan fingerprint density at radius 3 is 2.90 bits per heavy atom. The lowest BCUT2D eigenvalue weighted by atomic mass is 9.93. The van der Waals surface area contributed by atoms with Crippen LogP contribution in [0.5, 0.6) is 0 Å². The third-order valence-corrected chi connectivity index (χ3v) is 5.59. The van der Waals surface area contributed by atoms with E-state index in [0.29, 0.717) is 35.0 Å². The molecule has 3 aromatic rings. The van der Waals surface area contributed by atoms with Gasteiger partial charge in [-0.1, -0.05) is 23.2 Å². The summed E-state index contributed by atoms with van der Waals surface area (Å²) in [6.45, 7) is 0. The SMILES string of the molecule is O=C(CCCC(=O)C1CCc2cc(Cl)cc(Cl)c2N1)Nc1ccc2nc[nH]c2c1. The second-order valence-electron chi connectivity index (χ2n) is 7.16. The van der Waals surface area contributed by atoms with Crippen LogP contribution in [0.15, 0.2) is 36.7 Å². The van der Waals surface area contributed by atoms with Crippen LogP contribution >= 0.6 is 23.2 Å². The molecule has 1 aliphatic heterocycles. The Morgan fingerprint density at radius 2 is 2.03 bits per heavy atom. The predicted molar refractivity (Wildman–Crippen MR) is 116 cm³/mol. The first kappa shape index (κ1) is 19.7. The number of carbonyl (C=O) groups excluding carboxylic acids is 2. The molecule has 0 saturated carbocycles. The number of imidazole rings is 1. The van der Waals surface area contributed by atoms with Crippen molar-refractivity contribution in [3.05, 3.63) is 52.3 Å². The molecule has 150 valence electrons. The molecule has 1 unspecified atom stereocenters. The van der Waals surface area contributed by atoms with Gasteiger partial charge in [0.1, 0.15) is 0 Å². The smallest absolute Gasteiger partial charge is 0.224 e. The fraction of sp³-hybridized carbons (Fsp3) is 0.286. The minimum atomic E-state index is -0.285. The highest BCUT2D eigenvalue weighted by Gasteiger charge is 2.25. The normalized spacial score (nSPS) is 15.6. The topological polar surface area (TPSA) is 86.9 Å². The molecule has 0 spiro atoms. The molecule has 2 aromatic carbocycles. The van der Waals surface area contributed by atoms with E-state index in [-0.39, 0.29) is 24.2 Å². The second kappa shape index (κ2) is 8.43. The van der Waals surface area contributed by atoms with Crippen LogP contribution < -0.4 is 10.6 Å². The predicted octanol–water partition coefficient (Wildman–Crippen LogP) is 4.97. The van der Waals surface area contributed by atoms with Crippen molar-refractivity contribution in [1.82, 2.24) is 9.97 Å². The number of amides is 1. The van der Waals surface area contributed by atoms with Crippen LogP contribution in [-0.2, 0) is 16.0 Å². The summed E-state index contributed by atoms with van der Waals surface area (Å²) < 4.78 is 0. The number of aromatic amines is 1. The molecule has 0 aliphatic carbocycles. The van der Waals surface area contributed by atoms with Crippen LogP contribution in [0.25, 0.3) is 11.0 Å². The number of aromatic nitrogens is 2.